The summed E-state index contributed by atoms with van der Waals surface area (Å²) in [5, 5.41) is 2.66. The third-order valence-corrected chi connectivity index (χ3v) is 4.55. The zero-order valence-corrected chi connectivity index (χ0v) is 14.4. The average molecular weight is 338 g/mol. The molecule has 3 rings (SSSR count). The number of nitrogens with zero attached hydrogens (tertiary/aromatic N) is 2. The lowest BCUT2D eigenvalue weighted by atomic mass is 10.1. The van der Waals surface area contributed by atoms with Gasteiger partial charge in [0.15, 0.2) is 5.13 Å². The summed E-state index contributed by atoms with van der Waals surface area (Å²) in [5.41, 5.74) is 2.46. The van der Waals surface area contributed by atoms with Crippen molar-refractivity contribution in [3.63, 3.8) is 0 Å². The fraction of sp³-hybridized carbons (Fsp3) is 0.158. The Morgan fingerprint density at radius 3 is 2.54 bits per heavy atom. The van der Waals surface area contributed by atoms with Gasteiger partial charge in [-0.1, -0.05) is 42.5 Å². The molecule has 3 aromatic rings. The Morgan fingerprint density at radius 2 is 1.83 bits per heavy atom. The number of thiazole rings is 1. The van der Waals surface area contributed by atoms with E-state index in [1.807, 2.05) is 54.8 Å². The van der Waals surface area contributed by atoms with E-state index in [9.17, 15) is 4.79 Å². The van der Waals surface area contributed by atoms with E-state index in [1.54, 1.807) is 24.1 Å². The van der Waals surface area contributed by atoms with Crippen molar-refractivity contribution in [2.75, 3.05) is 18.6 Å². The van der Waals surface area contributed by atoms with Crippen LogP contribution in [0.5, 0.6) is 5.75 Å². The van der Waals surface area contributed by atoms with Gasteiger partial charge in [-0.25, -0.2) is 4.98 Å². The van der Waals surface area contributed by atoms with Gasteiger partial charge in [-0.05, 0) is 19.1 Å². The Kier molecular flexibility index (Phi) is 4.91. The molecule has 1 amide bonds. The van der Waals surface area contributed by atoms with Gasteiger partial charge in [0.2, 0.25) is 0 Å². The van der Waals surface area contributed by atoms with Crippen molar-refractivity contribution in [2.24, 2.45) is 0 Å². The predicted molar refractivity (Wildman–Crippen MR) is 97.9 cm³/mol. The molecular weight excluding hydrogens is 320 g/mol. The minimum Gasteiger partial charge on any atom is -0.496 e. The summed E-state index contributed by atoms with van der Waals surface area (Å²) in [4.78, 5) is 19.2. The molecule has 122 valence electrons. The van der Waals surface area contributed by atoms with Crippen molar-refractivity contribution in [3.05, 3.63) is 65.5 Å². The van der Waals surface area contributed by atoms with Crippen LogP contribution < -0.4 is 9.64 Å². The van der Waals surface area contributed by atoms with Gasteiger partial charge in [-0.2, -0.15) is 0 Å². The first-order valence-electron chi connectivity index (χ1n) is 7.70. The van der Waals surface area contributed by atoms with Crippen LogP contribution in [-0.2, 0) is 0 Å². The molecule has 0 aliphatic carbocycles. The zero-order valence-electron chi connectivity index (χ0n) is 13.6. The van der Waals surface area contributed by atoms with E-state index in [2.05, 4.69) is 4.98 Å². The molecule has 0 bridgehead atoms. The van der Waals surface area contributed by atoms with Crippen molar-refractivity contribution in [3.8, 4) is 17.0 Å². The van der Waals surface area contributed by atoms with Gasteiger partial charge < -0.3 is 4.74 Å². The fourth-order valence-electron chi connectivity index (χ4n) is 2.46. The largest absolute Gasteiger partial charge is 0.496 e. The molecule has 0 saturated carbocycles. The van der Waals surface area contributed by atoms with Crippen LogP contribution in [0.2, 0.25) is 0 Å². The summed E-state index contributed by atoms with van der Waals surface area (Å²) in [7, 11) is 1.57. The number of para-hydroxylation sites is 1. The first kappa shape index (κ1) is 16.2. The lowest BCUT2D eigenvalue weighted by Crippen LogP contribution is -2.30. The molecule has 0 fully saturated rings. The van der Waals surface area contributed by atoms with E-state index >= 15 is 0 Å². The summed E-state index contributed by atoms with van der Waals surface area (Å²) in [6.07, 6.45) is 0. The minimum atomic E-state index is -0.107. The minimum absolute atomic E-state index is 0.107. The van der Waals surface area contributed by atoms with E-state index in [0.717, 1.165) is 11.3 Å². The fourth-order valence-corrected chi connectivity index (χ4v) is 3.36. The molecule has 0 unspecified atom stereocenters. The third kappa shape index (κ3) is 3.16. The highest BCUT2D eigenvalue weighted by Crippen LogP contribution is 2.29. The van der Waals surface area contributed by atoms with Gasteiger partial charge in [0.1, 0.15) is 5.75 Å². The molecule has 0 saturated heterocycles. The summed E-state index contributed by atoms with van der Waals surface area (Å²) >= 11 is 1.47. The number of anilines is 1. The molecule has 0 N–H and O–H groups in total. The molecule has 5 heteroatoms. The van der Waals surface area contributed by atoms with Crippen molar-refractivity contribution >= 4 is 22.4 Å². The number of rotatable bonds is 5. The van der Waals surface area contributed by atoms with E-state index in [4.69, 9.17) is 4.74 Å². The number of hydrogen-bond donors (Lipinski definition) is 0. The Balaban J connectivity index is 1.92. The molecule has 1 heterocycles. The van der Waals surface area contributed by atoms with E-state index in [1.165, 1.54) is 11.3 Å². The Bertz CT molecular complexity index is 830. The monoisotopic (exact) mass is 338 g/mol. The molecule has 24 heavy (non-hydrogen) atoms. The summed E-state index contributed by atoms with van der Waals surface area (Å²) < 4.78 is 5.31. The molecule has 0 radical (unpaired) electrons. The van der Waals surface area contributed by atoms with Gasteiger partial charge in [0.25, 0.3) is 5.91 Å². The standard InChI is InChI=1S/C19H18N2O2S/c1-3-21(18(22)15-11-7-8-12-17(15)23-2)19-20-16(13-24-19)14-9-5-4-6-10-14/h4-13H,3H2,1-2H3. The lowest BCUT2D eigenvalue weighted by Gasteiger charge is -2.19. The van der Waals surface area contributed by atoms with Crippen LogP contribution >= 0.6 is 11.3 Å². The van der Waals surface area contributed by atoms with E-state index < -0.39 is 0 Å². The first-order chi connectivity index (χ1) is 11.7. The number of aromatic nitrogens is 1. The maximum Gasteiger partial charge on any atom is 0.263 e. The maximum absolute atomic E-state index is 12.9. The highest BCUT2D eigenvalue weighted by atomic mass is 32.1. The van der Waals surface area contributed by atoms with Crippen molar-refractivity contribution in [1.82, 2.24) is 4.98 Å². The van der Waals surface area contributed by atoms with Crippen LogP contribution in [0.3, 0.4) is 0 Å². The van der Waals surface area contributed by atoms with Crippen LogP contribution in [0.15, 0.2) is 60.0 Å². The number of benzene rings is 2. The van der Waals surface area contributed by atoms with Crippen molar-refractivity contribution in [1.29, 1.82) is 0 Å². The van der Waals surface area contributed by atoms with Crippen LogP contribution in [0.25, 0.3) is 11.3 Å². The normalized spacial score (nSPS) is 10.4. The number of ether oxygens (including phenoxy) is 1. The smallest absolute Gasteiger partial charge is 0.263 e. The highest BCUT2D eigenvalue weighted by molar-refractivity contribution is 7.14. The Hall–Kier alpha value is -2.66. The summed E-state index contributed by atoms with van der Waals surface area (Å²) in [6, 6.07) is 17.2. The van der Waals surface area contributed by atoms with E-state index in [0.29, 0.717) is 23.0 Å². The van der Waals surface area contributed by atoms with E-state index in [-0.39, 0.29) is 5.91 Å². The second-order valence-corrected chi connectivity index (χ2v) is 5.97. The average Bonchev–Trinajstić information content (AvgIpc) is 3.12. The first-order valence-corrected chi connectivity index (χ1v) is 8.58. The summed E-state index contributed by atoms with van der Waals surface area (Å²) in [6.45, 7) is 2.48. The van der Waals surface area contributed by atoms with Gasteiger partial charge in [0, 0.05) is 17.5 Å². The second kappa shape index (κ2) is 7.27. The SMILES string of the molecule is CCN(C(=O)c1ccccc1OC)c1nc(-c2ccccc2)cs1. The second-order valence-electron chi connectivity index (χ2n) is 5.13. The molecule has 2 aromatic carbocycles. The van der Waals surface area contributed by atoms with Gasteiger partial charge in [0.05, 0.1) is 18.4 Å². The molecule has 0 atom stereocenters. The number of carbonyl (C=O) groups excluding carboxylic acids is 1. The molecule has 4 nitrogen and oxygen atoms in total. The quantitative estimate of drug-likeness (QED) is 0.688. The van der Waals surface area contributed by atoms with Crippen LogP contribution in [0.4, 0.5) is 5.13 Å². The number of methoxy groups -OCH3 is 1. The zero-order chi connectivity index (χ0) is 16.9. The molecular formula is C19H18N2O2S. The van der Waals surface area contributed by atoms with Gasteiger partial charge in [-0.3, -0.25) is 9.69 Å². The number of carbonyl (C=O) groups is 1. The third-order valence-electron chi connectivity index (χ3n) is 3.69. The molecule has 1 aromatic heterocycles. The van der Waals surface area contributed by atoms with Crippen LogP contribution in [-0.4, -0.2) is 24.5 Å². The topological polar surface area (TPSA) is 42.4 Å². The molecule has 0 aliphatic heterocycles. The molecule has 0 spiro atoms. The predicted octanol–water partition coefficient (Wildman–Crippen LogP) is 4.49. The van der Waals surface area contributed by atoms with Crippen molar-refractivity contribution in [2.45, 2.75) is 6.92 Å². The number of hydrogen-bond acceptors (Lipinski definition) is 4. The Morgan fingerprint density at radius 1 is 1.12 bits per heavy atom. The van der Waals surface area contributed by atoms with Crippen LogP contribution in [0, 0.1) is 0 Å². The summed E-state index contributed by atoms with van der Waals surface area (Å²) in [5.74, 6) is 0.463. The van der Waals surface area contributed by atoms with Gasteiger partial charge in [-0.15, -0.1) is 11.3 Å². The highest BCUT2D eigenvalue weighted by Gasteiger charge is 2.22. The van der Waals surface area contributed by atoms with Crippen molar-refractivity contribution < 1.29 is 9.53 Å². The number of amides is 1. The lowest BCUT2D eigenvalue weighted by molar-refractivity contribution is 0.0985. The Labute approximate surface area is 145 Å². The molecule has 0 aliphatic rings. The maximum atomic E-state index is 12.9. The van der Waals surface area contributed by atoms with Crippen LogP contribution in [0.1, 0.15) is 17.3 Å². The van der Waals surface area contributed by atoms with Gasteiger partial charge >= 0.3 is 0 Å².